The number of urea groups is 4. The number of aliphatic hydroxyl groups excluding tert-OH is 1. The molecule has 0 aromatic heterocycles. The summed E-state index contributed by atoms with van der Waals surface area (Å²) in [6.45, 7) is 16.7. The van der Waals surface area contributed by atoms with Crippen LogP contribution in [-0.2, 0) is 90.8 Å². The molecular weight excluding hydrogens is 1940 g/mol. The molecule has 9 aromatic rings. The van der Waals surface area contributed by atoms with Gasteiger partial charge < -0.3 is 110 Å². The number of ketones is 1. The van der Waals surface area contributed by atoms with Gasteiger partial charge in [0.2, 0.25) is 5.79 Å². The largest absolute Gasteiger partial charge is 0.481 e. The predicted octanol–water partition coefficient (Wildman–Crippen LogP) is 15.0. The zero-order chi connectivity index (χ0) is 109. The number of aliphatic carboxylic acids is 3. The SMILES string of the molecule is C=CC(N)CCC(=O)O.CC(=O)OC1Cc2ccccc2N(C(N)=O)c2ccccc21.CC(C)C[C@H](CN)CC(=O)O.CC1(C)O[C@@H]2[C@@H](CO[C@@]3(COS(N)(=O)=O)OC(C)(C)O[C@@H]23)O1.NC(=O)N1c2ccccc2C=Cc2ccccc21.NC(=O)N1c2ccccc2CC(=O)c2ccccc21.NC(=O)N1c2ccccc2CC(O)c2ccccc21.NC(=O)OCC(COC(N)=O)c1ccccc1.NCC1(CC(=O)O)CCCCC1. The summed E-state index contributed by atoms with van der Waals surface area (Å²) in [4.78, 5) is 129. The van der Waals surface area contributed by atoms with Crippen molar-refractivity contribution in [2.75, 3.05) is 59.1 Å². The first kappa shape index (κ1) is 118. The molecule has 24 N–H and O–H groups in total. The number of Topliss-reactive ketones (excluding diaryl/α,β-unsaturated/α-hetero) is 1. The topological polar surface area (TPSA) is 659 Å². The number of carboxylic acid groups (broad SMARTS) is 3. The number of esters is 1. The zero-order valence-corrected chi connectivity index (χ0v) is 85.0. The Morgan fingerprint density at radius 1 is 0.537 bits per heavy atom. The summed E-state index contributed by atoms with van der Waals surface area (Å²) < 4.78 is 70.8. The van der Waals surface area contributed by atoms with Crippen LogP contribution in [0.1, 0.15) is 186 Å². The van der Waals surface area contributed by atoms with E-state index in [1.54, 1.807) is 81.1 Å². The van der Waals surface area contributed by atoms with Gasteiger partial charge in [-0.3, -0.25) is 47.8 Å². The molecule has 10 amide bonds. The van der Waals surface area contributed by atoms with Crippen LogP contribution in [0.3, 0.4) is 0 Å². The van der Waals surface area contributed by atoms with E-state index in [1.807, 2.05) is 194 Å². The Morgan fingerprint density at radius 2 is 0.987 bits per heavy atom. The number of aliphatic hydroxyl groups is 1. The third kappa shape index (κ3) is 34.1. The van der Waals surface area contributed by atoms with Crippen molar-refractivity contribution in [3.63, 3.8) is 0 Å². The summed E-state index contributed by atoms with van der Waals surface area (Å²) in [5, 5.41) is 40.5. The molecule has 149 heavy (non-hydrogen) atoms. The number of carbonyl (C=O) groups excluding carboxylic acids is 8. The number of fused-ring (bicyclic) bond motifs is 11. The number of nitrogens with two attached hydrogens (primary N) is 10. The molecule has 3 unspecified atom stereocenters. The van der Waals surface area contributed by atoms with Crippen LogP contribution in [0.15, 0.2) is 237 Å². The molecule has 8 atom stereocenters. The number of hydrogen-bond acceptors (Lipinski definition) is 26. The Kier molecular flexibility index (Phi) is 43.2. The molecule has 9 aromatic carbocycles. The minimum Gasteiger partial charge on any atom is -0.481 e. The van der Waals surface area contributed by atoms with E-state index in [2.05, 4.69) is 20.4 Å². The van der Waals surface area contributed by atoms with Crippen LogP contribution < -0.4 is 76.3 Å². The first-order chi connectivity index (χ1) is 70.6. The molecule has 4 fully saturated rings. The highest BCUT2D eigenvalue weighted by atomic mass is 32.2. The highest BCUT2D eigenvalue weighted by Crippen LogP contribution is 2.50. The van der Waals surface area contributed by atoms with Crippen molar-refractivity contribution in [2.45, 2.75) is 192 Å². The molecule has 0 spiro atoms. The van der Waals surface area contributed by atoms with Crippen molar-refractivity contribution in [3.05, 3.63) is 287 Å². The second-order valence-electron chi connectivity index (χ2n) is 37.2. The molecule has 0 radical (unpaired) electrons. The Balaban J connectivity index is 0.000000188. The van der Waals surface area contributed by atoms with Crippen LogP contribution in [0, 0.1) is 17.3 Å². The van der Waals surface area contributed by atoms with E-state index in [0.29, 0.717) is 66.6 Å². The standard InChI is InChI=1S/C17H16N2O3.C15H14N2O2.C15H12N2O2.C15H12N2O.C12H21NO8S.C11H14N2O4.C9H17NO2.C8H17NO2.C6H11NO2/c1-11(20)22-16-10-12-6-2-4-8-14(12)19(17(18)21)15-9-5-3-7-13(15)16;2*16-15(19)17-12-7-3-1-5-10(12)9-14(18)11-6-2-4-8-13(11)17;16-15(18)17-13-7-3-1-5-11(13)9-10-12-6-2-4-8-14(12)17;1-10(2)18-7-5-16-12(6-17-22(13,14)15)9(8(7)19-10)20-11(3,4)21-12;12-10(14)16-6-9(7-17-11(13)15)8-4-2-1-3-5-8;10-7-9(6-8(11)12)4-2-1-3-5-9;1-6(2)3-7(5-9)4-8(10)11;1-2-5(7)3-4-6(8)9/h2-9,16H,10H2,1H3,(H2,18,21);1-8,14,18H,9H2,(H2,16,19);1-8H,9H2,(H2,16,19);1-10H,(H2,16,18);7-9H,5-6H2,1-4H3,(H2,13,14,15);1-5,9H,6-7H2,(H2,12,14)(H2,13,15);1-7,10H2,(H,11,12);6-7H,3-5,9H2,1-2H3,(H,10,11);2,5H,1,3-4,7H2,(H,8,9)/t;;;;7-,8-,9+,12+;;;7-;/m....1..0./s1. The number of anilines is 8. The fourth-order valence-corrected chi connectivity index (χ4v) is 18.5. The van der Waals surface area contributed by atoms with Crippen molar-refractivity contribution < 1.29 is 124 Å². The van der Waals surface area contributed by atoms with Gasteiger partial charge in [-0.1, -0.05) is 221 Å². The lowest BCUT2D eigenvalue weighted by atomic mass is 9.72. The van der Waals surface area contributed by atoms with Crippen LogP contribution in [0.2, 0.25) is 0 Å². The van der Waals surface area contributed by atoms with Gasteiger partial charge in [0.25, 0.3) is 0 Å². The highest BCUT2D eigenvalue weighted by molar-refractivity contribution is 7.84. The van der Waals surface area contributed by atoms with E-state index in [-0.39, 0.29) is 86.7 Å². The lowest BCUT2D eigenvalue weighted by Gasteiger charge is -2.40. The molecule has 17 rings (SSSR count). The molecule has 3 saturated heterocycles. The summed E-state index contributed by atoms with van der Waals surface area (Å²) in [7, 11) is -4.14. The molecule has 0 bridgehead atoms. The Hall–Kier alpha value is -14.9. The van der Waals surface area contributed by atoms with E-state index in [4.69, 9.17) is 114 Å². The fraction of sp³-hybridized carbons (Fsp3) is 0.361. The quantitative estimate of drug-likeness (QED) is 0.0180. The third-order valence-corrected chi connectivity index (χ3v) is 25.1. The monoisotopic (exact) mass is 2070 g/mol. The summed E-state index contributed by atoms with van der Waals surface area (Å²) in [6.07, 6.45) is 9.92. The molecule has 7 aliphatic heterocycles. The normalized spacial score (nSPS) is 18.8. The number of carbonyl (C=O) groups is 11. The first-order valence-electron chi connectivity index (χ1n) is 48.1. The third-order valence-electron chi connectivity index (χ3n) is 24.7. The first-order valence-corrected chi connectivity index (χ1v) is 49.6. The van der Waals surface area contributed by atoms with Crippen molar-refractivity contribution >= 4 is 134 Å². The maximum Gasteiger partial charge on any atom is 0.404 e. The van der Waals surface area contributed by atoms with Gasteiger partial charge in [-0.25, -0.2) is 33.9 Å². The van der Waals surface area contributed by atoms with Crippen LogP contribution in [0.5, 0.6) is 0 Å². The maximum atomic E-state index is 12.3. The number of ether oxygens (including phenoxy) is 8. The second kappa shape index (κ2) is 54.7. The smallest absolute Gasteiger partial charge is 0.404 e. The summed E-state index contributed by atoms with van der Waals surface area (Å²) in [6, 6.07) is 66.2. The molecule has 7 heterocycles. The zero-order valence-electron chi connectivity index (χ0n) is 84.2. The average molecular weight is 2080 g/mol. The van der Waals surface area contributed by atoms with E-state index < -0.39 is 113 Å². The summed E-state index contributed by atoms with van der Waals surface area (Å²) in [5.41, 5.74) is 61.2. The minimum atomic E-state index is -4.14. The predicted molar refractivity (Wildman–Crippen MR) is 560 cm³/mol. The van der Waals surface area contributed by atoms with E-state index >= 15 is 0 Å². The maximum absolute atomic E-state index is 12.3. The number of hydrogen-bond donors (Lipinski definition) is 14. The van der Waals surface area contributed by atoms with Crippen LogP contribution in [0.25, 0.3) is 12.2 Å². The van der Waals surface area contributed by atoms with Gasteiger partial charge >= 0.3 is 70.5 Å². The number of para-hydroxylation sites is 8. The van der Waals surface area contributed by atoms with E-state index in [9.17, 15) is 66.3 Å². The van der Waals surface area contributed by atoms with Gasteiger partial charge in [-0.2, -0.15) is 8.42 Å². The lowest BCUT2D eigenvalue weighted by molar-refractivity contribution is -0.290. The van der Waals surface area contributed by atoms with E-state index in [0.717, 1.165) is 99.4 Å². The number of primary amides is 6. The lowest BCUT2D eigenvalue weighted by Crippen LogP contribution is -2.60. The van der Waals surface area contributed by atoms with Gasteiger partial charge in [0, 0.05) is 61.8 Å². The number of amides is 10. The van der Waals surface area contributed by atoms with Crippen molar-refractivity contribution in [3.8, 4) is 0 Å². The fourth-order valence-electron chi connectivity index (χ4n) is 18.1. The van der Waals surface area contributed by atoms with Gasteiger partial charge in [0.15, 0.2) is 17.4 Å². The second-order valence-corrected chi connectivity index (χ2v) is 38.4. The Morgan fingerprint density at radius 3 is 1.46 bits per heavy atom. The molecule has 40 nitrogen and oxygen atoms in total. The van der Waals surface area contributed by atoms with Crippen LogP contribution in [0.4, 0.5) is 74.3 Å². The Bertz CT molecular complexity index is 6220. The molecule has 1 saturated carbocycles. The van der Waals surface area contributed by atoms with E-state index in [1.165, 1.54) is 28.0 Å². The summed E-state index contributed by atoms with van der Waals surface area (Å²) in [5.74, 6) is -5.43. The molecule has 798 valence electrons. The van der Waals surface area contributed by atoms with Crippen molar-refractivity contribution in [1.82, 2.24) is 0 Å². The molecule has 8 aliphatic rings. The number of nitrogens with zero attached hydrogens (tertiary/aromatic N) is 4. The molecule has 41 heteroatoms. The number of carboxylic acids is 3. The van der Waals surface area contributed by atoms with Crippen LogP contribution >= 0.6 is 0 Å². The van der Waals surface area contributed by atoms with Crippen molar-refractivity contribution in [1.29, 1.82) is 0 Å². The van der Waals surface area contributed by atoms with Crippen LogP contribution in [-0.4, -0.2) is 176 Å². The molecular formula is C108H134N14O26S. The van der Waals surface area contributed by atoms with Gasteiger partial charge in [0.05, 0.1) is 70.5 Å². The Labute approximate surface area is 865 Å². The van der Waals surface area contributed by atoms with Gasteiger partial charge in [-0.05, 0) is 172 Å². The number of benzene rings is 9. The van der Waals surface area contributed by atoms with Gasteiger partial charge in [-0.15, -0.1) is 6.58 Å². The highest BCUT2D eigenvalue weighted by Gasteiger charge is 2.66. The average Bonchev–Trinajstić information content (AvgIpc) is 1.57. The summed E-state index contributed by atoms with van der Waals surface area (Å²) >= 11 is 0. The minimum absolute atomic E-state index is 0.00759. The van der Waals surface area contributed by atoms with Gasteiger partial charge in [0.1, 0.15) is 44.2 Å². The molecule has 1 aliphatic carbocycles. The van der Waals surface area contributed by atoms with Crippen molar-refractivity contribution in [2.24, 2.45) is 74.0 Å². The number of rotatable bonds is 21.